The Kier molecular flexibility index (Phi) is 4.43. The summed E-state index contributed by atoms with van der Waals surface area (Å²) in [4.78, 5) is 13.2. The Morgan fingerprint density at radius 2 is 2.07 bits per heavy atom. The van der Waals surface area contributed by atoms with Crippen LogP contribution in [0.1, 0.15) is 18.1 Å². The van der Waals surface area contributed by atoms with Crippen molar-refractivity contribution in [3.8, 4) is 5.75 Å². The topological polar surface area (TPSA) is 111 Å². The number of phenols is 1. The van der Waals surface area contributed by atoms with Crippen molar-refractivity contribution in [1.82, 2.24) is 4.90 Å². The average Bonchev–Trinajstić information content (AvgIpc) is 2.61. The van der Waals surface area contributed by atoms with Crippen LogP contribution in [0.4, 0.5) is 11.4 Å². The van der Waals surface area contributed by atoms with Gasteiger partial charge in [-0.1, -0.05) is 17.7 Å². The maximum absolute atomic E-state index is 12.4. The number of nitrogens with one attached hydrogen (secondary N) is 2. The maximum atomic E-state index is 12.4. The first-order valence-electron chi connectivity index (χ1n) is 8.52. The van der Waals surface area contributed by atoms with Crippen molar-refractivity contribution in [2.75, 3.05) is 17.2 Å². The van der Waals surface area contributed by atoms with Crippen LogP contribution in [0, 0.1) is 0 Å². The monoisotopic (exact) mass is 420 g/mol. The molecule has 8 nitrogen and oxygen atoms in total. The molecule has 0 atom stereocenters. The minimum Gasteiger partial charge on any atom is -0.506 e. The second kappa shape index (κ2) is 6.68. The SMILES string of the molecule is CC(=O)N1CCc2ccc(NC3=NS(=O)(=O)c4cc(Cl)cc(O)c4N3)cc2C1. The van der Waals surface area contributed by atoms with Crippen LogP contribution in [0.3, 0.4) is 0 Å². The van der Waals surface area contributed by atoms with E-state index in [4.69, 9.17) is 11.6 Å². The van der Waals surface area contributed by atoms with Gasteiger partial charge in [-0.15, -0.1) is 4.40 Å². The summed E-state index contributed by atoms with van der Waals surface area (Å²) in [7, 11) is -4.03. The Bertz CT molecular complexity index is 1130. The molecule has 28 heavy (non-hydrogen) atoms. The number of amides is 1. The third kappa shape index (κ3) is 3.38. The third-order valence-corrected chi connectivity index (χ3v) is 6.22. The highest BCUT2D eigenvalue weighted by Gasteiger charge is 2.28. The number of aromatic hydroxyl groups is 1. The Labute approximate surface area is 166 Å². The molecule has 2 aromatic carbocycles. The van der Waals surface area contributed by atoms with Crippen molar-refractivity contribution in [1.29, 1.82) is 0 Å². The van der Waals surface area contributed by atoms with Crippen LogP contribution >= 0.6 is 11.6 Å². The quantitative estimate of drug-likeness (QED) is 0.611. The zero-order chi connectivity index (χ0) is 20.1. The first-order chi connectivity index (χ1) is 13.2. The summed E-state index contributed by atoms with van der Waals surface area (Å²) >= 11 is 5.83. The Morgan fingerprint density at radius 3 is 2.82 bits per heavy atom. The van der Waals surface area contributed by atoms with Gasteiger partial charge in [-0.3, -0.25) is 4.79 Å². The summed E-state index contributed by atoms with van der Waals surface area (Å²) in [5.41, 5.74) is 2.76. The minimum atomic E-state index is -4.03. The smallest absolute Gasteiger partial charge is 0.287 e. The molecule has 146 valence electrons. The van der Waals surface area contributed by atoms with Crippen LogP contribution < -0.4 is 10.6 Å². The predicted octanol–water partition coefficient (Wildman–Crippen LogP) is 2.53. The van der Waals surface area contributed by atoms with E-state index in [0.717, 1.165) is 17.5 Å². The number of nitrogens with zero attached hydrogens (tertiary/aromatic N) is 2. The van der Waals surface area contributed by atoms with Gasteiger partial charge in [-0.05, 0) is 35.7 Å². The summed E-state index contributed by atoms with van der Waals surface area (Å²) in [6.07, 6.45) is 0.769. The number of halogens is 1. The van der Waals surface area contributed by atoms with Crippen LogP contribution in [0.5, 0.6) is 5.75 Å². The average molecular weight is 421 g/mol. The Hall–Kier alpha value is -2.78. The molecule has 2 aliphatic heterocycles. The van der Waals surface area contributed by atoms with E-state index in [1.54, 1.807) is 4.90 Å². The summed E-state index contributed by atoms with van der Waals surface area (Å²) in [6.45, 7) is 2.72. The van der Waals surface area contributed by atoms with E-state index < -0.39 is 10.0 Å². The fraction of sp³-hybridized carbons (Fsp3) is 0.222. The van der Waals surface area contributed by atoms with E-state index in [9.17, 15) is 18.3 Å². The van der Waals surface area contributed by atoms with Crippen LogP contribution in [-0.2, 0) is 27.8 Å². The first kappa shape index (κ1) is 18.6. The molecule has 0 unspecified atom stereocenters. The molecule has 2 heterocycles. The van der Waals surface area contributed by atoms with Gasteiger partial charge in [0.1, 0.15) is 16.3 Å². The molecule has 2 aromatic rings. The number of benzene rings is 2. The predicted molar refractivity (Wildman–Crippen MR) is 106 cm³/mol. The molecule has 0 saturated carbocycles. The van der Waals surface area contributed by atoms with E-state index >= 15 is 0 Å². The number of sulfonamides is 1. The lowest BCUT2D eigenvalue weighted by atomic mass is 9.99. The van der Waals surface area contributed by atoms with Gasteiger partial charge in [0, 0.05) is 36.8 Å². The molecule has 0 spiro atoms. The van der Waals surface area contributed by atoms with E-state index in [1.807, 2.05) is 18.2 Å². The minimum absolute atomic E-state index is 0.0131. The fourth-order valence-corrected chi connectivity index (χ4v) is 4.70. The summed E-state index contributed by atoms with van der Waals surface area (Å²) in [5, 5.41) is 15.9. The number of hydrogen-bond acceptors (Lipinski definition) is 6. The van der Waals surface area contributed by atoms with Gasteiger partial charge in [-0.25, -0.2) is 0 Å². The molecule has 1 amide bonds. The highest BCUT2D eigenvalue weighted by atomic mass is 35.5. The fourth-order valence-electron chi connectivity index (χ4n) is 3.30. The second-order valence-corrected chi connectivity index (χ2v) is 8.65. The Morgan fingerprint density at radius 1 is 1.29 bits per heavy atom. The van der Waals surface area contributed by atoms with Gasteiger partial charge in [0.2, 0.25) is 11.9 Å². The van der Waals surface area contributed by atoms with Gasteiger partial charge in [0.25, 0.3) is 10.0 Å². The number of hydrogen-bond donors (Lipinski definition) is 3. The van der Waals surface area contributed by atoms with Crippen LogP contribution in [-0.4, -0.2) is 36.8 Å². The number of anilines is 2. The standard InChI is InChI=1S/C18H17ClN4O4S/c1-10(24)23-5-4-11-2-3-14(6-12(11)9-23)20-18-21-17-15(25)7-13(19)8-16(17)28(26,27)22-18/h2-3,6-8,25H,4-5,9H2,1H3,(H2,20,21,22). The largest absolute Gasteiger partial charge is 0.506 e. The number of fused-ring (bicyclic) bond motifs is 2. The highest BCUT2D eigenvalue weighted by molar-refractivity contribution is 7.90. The van der Waals surface area contributed by atoms with Crippen molar-refractivity contribution in [2.45, 2.75) is 24.8 Å². The molecule has 0 fully saturated rings. The van der Waals surface area contributed by atoms with Crippen molar-refractivity contribution in [2.24, 2.45) is 4.40 Å². The lowest BCUT2D eigenvalue weighted by Crippen LogP contribution is -2.34. The van der Waals surface area contributed by atoms with Crippen LogP contribution in [0.15, 0.2) is 39.6 Å². The zero-order valence-corrected chi connectivity index (χ0v) is 16.4. The van der Waals surface area contributed by atoms with Gasteiger partial charge < -0.3 is 20.6 Å². The molecular weight excluding hydrogens is 404 g/mol. The molecule has 3 N–H and O–H groups in total. The van der Waals surface area contributed by atoms with Gasteiger partial charge in [0.15, 0.2) is 0 Å². The normalized spacial score (nSPS) is 17.1. The number of carbonyl (C=O) groups excluding carboxylic acids is 1. The molecule has 0 aromatic heterocycles. The molecule has 0 saturated heterocycles. The Balaban J connectivity index is 1.63. The number of phenolic OH excluding ortho intramolecular Hbond substituents is 1. The molecule has 10 heteroatoms. The highest BCUT2D eigenvalue weighted by Crippen LogP contribution is 2.37. The summed E-state index contributed by atoms with van der Waals surface area (Å²) in [5.74, 6) is -0.314. The first-order valence-corrected chi connectivity index (χ1v) is 10.3. The molecule has 0 aliphatic carbocycles. The number of carbonyl (C=O) groups is 1. The van der Waals surface area contributed by atoms with E-state index in [2.05, 4.69) is 15.0 Å². The lowest BCUT2D eigenvalue weighted by molar-refractivity contribution is -0.129. The van der Waals surface area contributed by atoms with Crippen molar-refractivity contribution < 1.29 is 18.3 Å². The number of guanidine groups is 1. The molecule has 2 aliphatic rings. The van der Waals surface area contributed by atoms with Gasteiger partial charge in [-0.2, -0.15) is 8.42 Å². The van der Waals surface area contributed by atoms with Crippen molar-refractivity contribution in [3.05, 3.63) is 46.5 Å². The zero-order valence-electron chi connectivity index (χ0n) is 14.9. The summed E-state index contributed by atoms with van der Waals surface area (Å²) < 4.78 is 28.6. The lowest BCUT2D eigenvalue weighted by Gasteiger charge is -2.28. The van der Waals surface area contributed by atoms with E-state index in [0.29, 0.717) is 18.8 Å². The number of rotatable bonds is 1. The second-order valence-electron chi connectivity index (χ2n) is 6.64. The van der Waals surface area contributed by atoms with Gasteiger partial charge >= 0.3 is 0 Å². The summed E-state index contributed by atoms with van der Waals surface area (Å²) in [6, 6.07) is 8.10. The van der Waals surface area contributed by atoms with E-state index in [1.165, 1.54) is 19.1 Å². The van der Waals surface area contributed by atoms with E-state index in [-0.39, 0.29) is 33.2 Å². The van der Waals surface area contributed by atoms with Crippen molar-refractivity contribution >= 4 is 44.9 Å². The maximum Gasteiger partial charge on any atom is 0.287 e. The van der Waals surface area contributed by atoms with Crippen LogP contribution in [0.2, 0.25) is 5.02 Å². The van der Waals surface area contributed by atoms with Crippen LogP contribution in [0.25, 0.3) is 0 Å². The van der Waals surface area contributed by atoms with Gasteiger partial charge in [0.05, 0.1) is 0 Å². The molecule has 4 rings (SSSR count). The van der Waals surface area contributed by atoms with Crippen molar-refractivity contribution in [3.63, 3.8) is 0 Å². The molecule has 0 radical (unpaired) electrons. The molecular formula is C18H17ClN4O4S. The third-order valence-electron chi connectivity index (χ3n) is 4.71. The molecule has 0 bridgehead atoms.